The molecule has 4 rings (SSSR count). The van der Waals surface area contributed by atoms with E-state index in [2.05, 4.69) is 15.6 Å². The molecule has 0 bridgehead atoms. The molecule has 2 amide bonds. The predicted molar refractivity (Wildman–Crippen MR) is 108 cm³/mol. The van der Waals surface area contributed by atoms with Crippen LogP contribution in [0.3, 0.4) is 0 Å². The lowest BCUT2D eigenvalue weighted by molar-refractivity contribution is 0.252. The van der Waals surface area contributed by atoms with Crippen molar-refractivity contribution in [2.45, 2.75) is 6.92 Å². The highest BCUT2D eigenvalue weighted by atomic mass is 19.1. The van der Waals surface area contributed by atoms with Crippen LogP contribution in [-0.2, 0) is 0 Å². The fourth-order valence-corrected chi connectivity index (χ4v) is 2.98. The Bertz CT molecular complexity index is 1150. The summed E-state index contributed by atoms with van der Waals surface area (Å²) in [5.41, 5.74) is 3.85. The minimum Gasteiger partial charge on any atom is -0.436 e. The maximum atomic E-state index is 14.1. The number of aromatic nitrogens is 1. The molecule has 5 nitrogen and oxygen atoms in total. The summed E-state index contributed by atoms with van der Waals surface area (Å²) in [6.45, 7) is 2.39. The molecule has 6 heteroatoms. The monoisotopic (exact) mass is 375 g/mol. The van der Waals surface area contributed by atoms with Gasteiger partial charge in [0.25, 0.3) is 0 Å². The van der Waals surface area contributed by atoms with Gasteiger partial charge in [0.1, 0.15) is 11.3 Å². The Labute approximate surface area is 161 Å². The van der Waals surface area contributed by atoms with E-state index in [-0.39, 0.29) is 11.8 Å². The number of urea groups is 1. The van der Waals surface area contributed by atoms with Gasteiger partial charge in [0.15, 0.2) is 5.58 Å². The Morgan fingerprint density at radius 2 is 1.89 bits per heavy atom. The molecule has 28 heavy (non-hydrogen) atoms. The molecule has 0 aliphatic heterocycles. The zero-order valence-corrected chi connectivity index (χ0v) is 15.2. The van der Waals surface area contributed by atoms with Crippen molar-refractivity contribution in [2.75, 3.05) is 11.9 Å². The number of carbonyl (C=O) groups is 1. The molecule has 1 heterocycles. The lowest BCUT2D eigenvalue weighted by Crippen LogP contribution is -2.28. The van der Waals surface area contributed by atoms with Crippen molar-refractivity contribution in [3.05, 3.63) is 72.5 Å². The summed E-state index contributed by atoms with van der Waals surface area (Å²) in [5, 5.41) is 5.44. The second-order valence-electron chi connectivity index (χ2n) is 6.25. The van der Waals surface area contributed by atoms with Gasteiger partial charge in [-0.2, -0.15) is 0 Å². The lowest BCUT2D eigenvalue weighted by Gasteiger charge is -2.06. The average molecular weight is 375 g/mol. The standard InChI is InChI=1S/C22H18FN3O2/c1-2-24-22(27)25-16-7-5-6-15(12-16)21-26-19-11-10-14(13-20(19)28-21)17-8-3-4-9-18(17)23/h3-13H,2H2,1H3,(H2,24,25,27). The number of halogens is 1. The third kappa shape index (κ3) is 3.57. The van der Waals surface area contributed by atoms with E-state index in [1.807, 2.05) is 25.1 Å². The van der Waals surface area contributed by atoms with Crippen LogP contribution in [0, 0.1) is 5.82 Å². The highest BCUT2D eigenvalue weighted by Gasteiger charge is 2.12. The van der Waals surface area contributed by atoms with Crippen LogP contribution in [0.5, 0.6) is 0 Å². The highest BCUT2D eigenvalue weighted by Crippen LogP contribution is 2.30. The maximum Gasteiger partial charge on any atom is 0.319 e. The molecule has 0 spiro atoms. The number of nitrogens with one attached hydrogen (secondary N) is 2. The molecule has 0 unspecified atom stereocenters. The Morgan fingerprint density at radius 1 is 1.04 bits per heavy atom. The van der Waals surface area contributed by atoms with Gasteiger partial charge >= 0.3 is 6.03 Å². The summed E-state index contributed by atoms with van der Waals surface area (Å²) in [4.78, 5) is 16.2. The summed E-state index contributed by atoms with van der Waals surface area (Å²) < 4.78 is 20.0. The first-order valence-corrected chi connectivity index (χ1v) is 8.95. The fourth-order valence-electron chi connectivity index (χ4n) is 2.98. The van der Waals surface area contributed by atoms with Crippen LogP contribution in [0.25, 0.3) is 33.7 Å². The molecule has 0 fully saturated rings. The maximum absolute atomic E-state index is 14.1. The molecule has 0 radical (unpaired) electrons. The molecule has 140 valence electrons. The first-order chi connectivity index (χ1) is 13.6. The molecule has 0 atom stereocenters. The summed E-state index contributed by atoms with van der Waals surface area (Å²) >= 11 is 0. The third-order valence-electron chi connectivity index (χ3n) is 4.28. The summed E-state index contributed by atoms with van der Waals surface area (Å²) in [5.74, 6) is 0.144. The van der Waals surface area contributed by atoms with Gasteiger partial charge in [-0.3, -0.25) is 0 Å². The predicted octanol–water partition coefficient (Wildman–Crippen LogP) is 5.44. The minimum absolute atomic E-state index is 0.272. The molecule has 0 saturated carbocycles. The zero-order chi connectivity index (χ0) is 19.5. The number of oxazole rings is 1. The first kappa shape index (κ1) is 17.7. The minimum atomic E-state index is -0.286. The molecule has 3 aromatic carbocycles. The van der Waals surface area contributed by atoms with Crippen molar-refractivity contribution in [2.24, 2.45) is 0 Å². The molecule has 0 saturated heterocycles. The number of hydrogen-bond donors (Lipinski definition) is 2. The number of anilines is 1. The largest absolute Gasteiger partial charge is 0.436 e. The molecular weight excluding hydrogens is 357 g/mol. The van der Waals surface area contributed by atoms with Gasteiger partial charge in [-0.15, -0.1) is 0 Å². The van der Waals surface area contributed by atoms with E-state index in [1.165, 1.54) is 6.07 Å². The van der Waals surface area contributed by atoms with E-state index in [0.29, 0.717) is 34.8 Å². The normalized spacial score (nSPS) is 10.8. The van der Waals surface area contributed by atoms with Crippen molar-refractivity contribution in [3.63, 3.8) is 0 Å². The van der Waals surface area contributed by atoms with E-state index in [1.54, 1.807) is 42.5 Å². The second kappa shape index (κ2) is 7.52. The number of rotatable bonds is 4. The quantitative estimate of drug-likeness (QED) is 0.499. The summed E-state index contributed by atoms with van der Waals surface area (Å²) in [6.07, 6.45) is 0. The number of hydrogen-bond acceptors (Lipinski definition) is 3. The first-order valence-electron chi connectivity index (χ1n) is 8.95. The highest BCUT2D eigenvalue weighted by molar-refractivity contribution is 5.90. The zero-order valence-electron chi connectivity index (χ0n) is 15.2. The smallest absolute Gasteiger partial charge is 0.319 e. The average Bonchev–Trinajstić information content (AvgIpc) is 3.12. The van der Waals surface area contributed by atoms with Gasteiger partial charge in [-0.05, 0) is 48.9 Å². The van der Waals surface area contributed by atoms with Gasteiger partial charge in [0, 0.05) is 23.4 Å². The van der Waals surface area contributed by atoms with Gasteiger partial charge < -0.3 is 15.1 Å². The van der Waals surface area contributed by atoms with Crippen molar-refractivity contribution >= 4 is 22.8 Å². The number of benzene rings is 3. The molecule has 2 N–H and O–H groups in total. The Hall–Kier alpha value is -3.67. The van der Waals surface area contributed by atoms with Crippen LogP contribution >= 0.6 is 0 Å². The topological polar surface area (TPSA) is 67.2 Å². The summed E-state index contributed by atoms with van der Waals surface area (Å²) in [7, 11) is 0. The molecule has 4 aromatic rings. The van der Waals surface area contributed by atoms with Gasteiger partial charge in [-0.1, -0.05) is 30.3 Å². The second-order valence-corrected chi connectivity index (χ2v) is 6.25. The number of carbonyl (C=O) groups excluding carboxylic acids is 1. The fraction of sp³-hybridized carbons (Fsp3) is 0.0909. The van der Waals surface area contributed by atoms with E-state index < -0.39 is 0 Å². The van der Waals surface area contributed by atoms with Crippen molar-refractivity contribution in [1.29, 1.82) is 0 Å². The van der Waals surface area contributed by atoms with Crippen LogP contribution in [-0.4, -0.2) is 17.6 Å². The van der Waals surface area contributed by atoms with Gasteiger partial charge in [0.05, 0.1) is 0 Å². The number of nitrogens with zero attached hydrogens (tertiary/aromatic N) is 1. The molecule has 0 aliphatic carbocycles. The number of fused-ring (bicyclic) bond motifs is 1. The van der Waals surface area contributed by atoms with Crippen molar-refractivity contribution in [1.82, 2.24) is 10.3 Å². The van der Waals surface area contributed by atoms with E-state index >= 15 is 0 Å². The Kier molecular flexibility index (Phi) is 4.76. The Morgan fingerprint density at radius 3 is 2.71 bits per heavy atom. The van der Waals surface area contributed by atoms with E-state index in [4.69, 9.17) is 4.42 Å². The summed E-state index contributed by atoms with van der Waals surface area (Å²) in [6, 6.07) is 19.0. The SMILES string of the molecule is CCNC(=O)Nc1cccc(-c2nc3ccc(-c4ccccc4F)cc3o2)c1. The van der Waals surface area contributed by atoms with E-state index in [0.717, 1.165) is 11.1 Å². The Balaban J connectivity index is 1.67. The van der Waals surface area contributed by atoms with E-state index in [9.17, 15) is 9.18 Å². The van der Waals surface area contributed by atoms with Crippen LogP contribution in [0.4, 0.5) is 14.9 Å². The molecular formula is C22H18FN3O2. The van der Waals surface area contributed by atoms with Crippen LogP contribution in [0.1, 0.15) is 6.92 Å². The van der Waals surface area contributed by atoms with Crippen molar-refractivity contribution < 1.29 is 13.6 Å². The van der Waals surface area contributed by atoms with Crippen LogP contribution in [0.15, 0.2) is 71.1 Å². The van der Waals surface area contributed by atoms with Crippen LogP contribution in [0.2, 0.25) is 0 Å². The van der Waals surface area contributed by atoms with Crippen molar-refractivity contribution in [3.8, 4) is 22.6 Å². The lowest BCUT2D eigenvalue weighted by atomic mass is 10.1. The number of amides is 2. The molecule has 1 aromatic heterocycles. The molecule has 0 aliphatic rings. The third-order valence-corrected chi connectivity index (χ3v) is 4.28. The van der Waals surface area contributed by atoms with Gasteiger partial charge in [-0.25, -0.2) is 14.2 Å². The van der Waals surface area contributed by atoms with Gasteiger partial charge in [0.2, 0.25) is 5.89 Å². The van der Waals surface area contributed by atoms with Crippen LogP contribution < -0.4 is 10.6 Å².